The van der Waals surface area contributed by atoms with Crippen LogP contribution in [-0.4, -0.2) is 20.6 Å². The molecule has 2 rings (SSSR count). The smallest absolute Gasteiger partial charge is 0.226 e. The molecule has 0 heterocycles. The summed E-state index contributed by atoms with van der Waals surface area (Å²) in [5, 5.41) is 3.35. The molecule has 7 heteroatoms. The molecular formula is C19H23ClN2O3S. The Morgan fingerprint density at radius 2 is 1.54 bits per heavy atom. The van der Waals surface area contributed by atoms with Crippen LogP contribution < -0.4 is 10.0 Å². The maximum Gasteiger partial charge on any atom is 0.226 e. The van der Waals surface area contributed by atoms with Gasteiger partial charge in [-0.05, 0) is 41.3 Å². The SMILES string of the molecule is CC(C)c1ccc(NC(=O)C[C@H](NS(C)(=O)=O)c2ccc(Cl)cc2)cc1. The van der Waals surface area contributed by atoms with E-state index in [4.69, 9.17) is 11.6 Å². The van der Waals surface area contributed by atoms with Crippen molar-refractivity contribution in [1.29, 1.82) is 0 Å². The minimum absolute atomic E-state index is 0.0271. The van der Waals surface area contributed by atoms with Gasteiger partial charge >= 0.3 is 0 Å². The van der Waals surface area contributed by atoms with Crippen molar-refractivity contribution < 1.29 is 13.2 Å². The number of carbonyl (C=O) groups excluding carboxylic acids is 1. The molecule has 0 bridgehead atoms. The molecule has 0 aliphatic heterocycles. The molecule has 0 radical (unpaired) electrons. The number of hydrogen-bond acceptors (Lipinski definition) is 3. The Morgan fingerprint density at radius 3 is 2.04 bits per heavy atom. The number of rotatable bonds is 7. The van der Waals surface area contributed by atoms with Crippen molar-refractivity contribution in [2.24, 2.45) is 0 Å². The lowest BCUT2D eigenvalue weighted by molar-refractivity contribution is -0.116. The number of carbonyl (C=O) groups is 1. The van der Waals surface area contributed by atoms with Crippen molar-refractivity contribution in [3.8, 4) is 0 Å². The lowest BCUT2D eigenvalue weighted by atomic mass is 10.0. The van der Waals surface area contributed by atoms with Crippen LogP contribution in [-0.2, 0) is 14.8 Å². The highest BCUT2D eigenvalue weighted by molar-refractivity contribution is 7.88. The number of nitrogens with one attached hydrogen (secondary N) is 2. The molecule has 0 saturated carbocycles. The van der Waals surface area contributed by atoms with Crippen LogP contribution in [0.15, 0.2) is 48.5 Å². The predicted molar refractivity (Wildman–Crippen MR) is 106 cm³/mol. The van der Waals surface area contributed by atoms with Gasteiger partial charge in [0.05, 0.1) is 12.3 Å². The summed E-state index contributed by atoms with van der Waals surface area (Å²) < 4.78 is 25.8. The predicted octanol–water partition coefficient (Wildman–Crippen LogP) is 4.08. The van der Waals surface area contributed by atoms with Gasteiger partial charge < -0.3 is 5.32 Å². The van der Waals surface area contributed by atoms with E-state index in [9.17, 15) is 13.2 Å². The maximum absolute atomic E-state index is 12.4. The second kappa shape index (κ2) is 8.66. The maximum atomic E-state index is 12.4. The Morgan fingerprint density at radius 1 is 1.00 bits per heavy atom. The fourth-order valence-corrected chi connectivity index (χ4v) is 3.39. The van der Waals surface area contributed by atoms with Gasteiger partial charge in [0.1, 0.15) is 0 Å². The summed E-state index contributed by atoms with van der Waals surface area (Å²) >= 11 is 5.88. The van der Waals surface area contributed by atoms with Crippen LogP contribution >= 0.6 is 11.6 Å². The van der Waals surface area contributed by atoms with E-state index in [-0.39, 0.29) is 12.3 Å². The van der Waals surface area contributed by atoms with Crippen molar-refractivity contribution in [2.45, 2.75) is 32.2 Å². The Labute approximate surface area is 159 Å². The molecule has 5 nitrogen and oxygen atoms in total. The van der Waals surface area contributed by atoms with E-state index >= 15 is 0 Å². The number of sulfonamides is 1. The van der Waals surface area contributed by atoms with E-state index in [0.29, 0.717) is 22.2 Å². The summed E-state index contributed by atoms with van der Waals surface area (Å²) in [6, 6.07) is 13.7. The summed E-state index contributed by atoms with van der Waals surface area (Å²) in [7, 11) is -3.48. The average molecular weight is 395 g/mol. The minimum atomic E-state index is -3.48. The third-order valence-corrected chi connectivity index (χ3v) is 4.84. The van der Waals surface area contributed by atoms with Crippen LogP contribution in [0.25, 0.3) is 0 Å². The van der Waals surface area contributed by atoms with E-state index in [0.717, 1.165) is 6.26 Å². The highest BCUT2D eigenvalue weighted by Crippen LogP contribution is 2.22. The molecule has 140 valence electrons. The normalized spacial score (nSPS) is 12.8. The van der Waals surface area contributed by atoms with Crippen molar-refractivity contribution in [3.63, 3.8) is 0 Å². The van der Waals surface area contributed by atoms with Crippen LogP contribution in [0, 0.1) is 0 Å². The molecule has 0 spiro atoms. The first kappa shape index (κ1) is 20.4. The van der Waals surface area contributed by atoms with Gasteiger partial charge in [-0.2, -0.15) is 0 Å². The molecule has 0 fully saturated rings. The first-order valence-corrected chi connectivity index (χ1v) is 10.5. The molecule has 26 heavy (non-hydrogen) atoms. The van der Waals surface area contributed by atoms with Crippen LogP contribution in [0.1, 0.15) is 43.4 Å². The van der Waals surface area contributed by atoms with Gasteiger partial charge in [0.2, 0.25) is 15.9 Å². The number of hydrogen-bond donors (Lipinski definition) is 2. The fourth-order valence-electron chi connectivity index (χ4n) is 2.53. The van der Waals surface area contributed by atoms with Crippen LogP contribution in [0.5, 0.6) is 0 Å². The van der Waals surface area contributed by atoms with Gasteiger partial charge in [-0.3, -0.25) is 4.79 Å². The standard InChI is InChI=1S/C19H23ClN2O3S/c1-13(2)14-6-10-17(11-7-14)21-19(23)12-18(22-26(3,24)25)15-4-8-16(20)9-5-15/h4-11,13,18,22H,12H2,1-3H3,(H,21,23)/t18-/m0/s1. The van der Waals surface area contributed by atoms with Gasteiger partial charge in [-0.1, -0.05) is 49.7 Å². The van der Waals surface area contributed by atoms with Crippen LogP contribution in [0.4, 0.5) is 5.69 Å². The van der Waals surface area contributed by atoms with Gasteiger partial charge in [0.25, 0.3) is 0 Å². The van der Waals surface area contributed by atoms with Gasteiger partial charge in [0.15, 0.2) is 0 Å². The molecule has 0 aliphatic carbocycles. The molecule has 2 aromatic carbocycles. The third-order valence-electron chi connectivity index (χ3n) is 3.88. The molecule has 0 aliphatic rings. The monoisotopic (exact) mass is 394 g/mol. The van der Waals surface area contributed by atoms with Crippen molar-refractivity contribution in [2.75, 3.05) is 11.6 Å². The zero-order chi connectivity index (χ0) is 19.3. The molecular weight excluding hydrogens is 372 g/mol. The zero-order valence-corrected chi connectivity index (χ0v) is 16.6. The summed E-state index contributed by atoms with van der Waals surface area (Å²) in [6.07, 6.45) is 1.04. The van der Waals surface area contributed by atoms with Gasteiger partial charge in [-0.15, -0.1) is 0 Å². The van der Waals surface area contributed by atoms with Crippen molar-refractivity contribution in [1.82, 2.24) is 4.72 Å². The Hall–Kier alpha value is -1.89. The van der Waals surface area contributed by atoms with Crippen molar-refractivity contribution >= 4 is 33.2 Å². The summed E-state index contributed by atoms with van der Waals surface area (Å²) in [4.78, 5) is 12.4. The lowest BCUT2D eigenvalue weighted by Crippen LogP contribution is -2.30. The summed E-state index contributed by atoms with van der Waals surface area (Å²) in [5.74, 6) is 0.131. The molecule has 2 aromatic rings. The molecule has 2 N–H and O–H groups in total. The molecule has 1 amide bonds. The van der Waals surface area contributed by atoms with E-state index in [1.54, 1.807) is 24.3 Å². The molecule has 1 atom stereocenters. The Bertz CT molecular complexity index is 847. The molecule has 0 saturated heterocycles. The lowest BCUT2D eigenvalue weighted by Gasteiger charge is -2.18. The van der Waals surface area contributed by atoms with Gasteiger partial charge in [0, 0.05) is 17.1 Å². The highest BCUT2D eigenvalue weighted by Gasteiger charge is 2.20. The average Bonchev–Trinajstić information content (AvgIpc) is 2.54. The number of anilines is 1. The van der Waals surface area contributed by atoms with Gasteiger partial charge in [-0.25, -0.2) is 13.1 Å². The molecule has 0 aromatic heterocycles. The quantitative estimate of drug-likeness (QED) is 0.742. The van der Waals surface area contributed by atoms with E-state index in [1.165, 1.54) is 5.56 Å². The minimum Gasteiger partial charge on any atom is -0.326 e. The second-order valence-corrected chi connectivity index (χ2v) is 8.74. The second-order valence-electron chi connectivity index (χ2n) is 6.52. The third kappa shape index (κ3) is 6.44. The largest absolute Gasteiger partial charge is 0.326 e. The highest BCUT2D eigenvalue weighted by atomic mass is 35.5. The fraction of sp³-hybridized carbons (Fsp3) is 0.316. The summed E-state index contributed by atoms with van der Waals surface area (Å²) in [5.41, 5.74) is 2.53. The molecule has 0 unspecified atom stereocenters. The van der Waals surface area contributed by atoms with E-state index < -0.39 is 16.1 Å². The topological polar surface area (TPSA) is 75.3 Å². The van der Waals surface area contributed by atoms with E-state index in [1.807, 2.05) is 24.3 Å². The number of halogens is 1. The van der Waals surface area contributed by atoms with E-state index in [2.05, 4.69) is 23.9 Å². The number of amides is 1. The number of benzene rings is 2. The zero-order valence-electron chi connectivity index (χ0n) is 15.0. The Kier molecular flexibility index (Phi) is 6.81. The van der Waals surface area contributed by atoms with Crippen LogP contribution in [0.2, 0.25) is 5.02 Å². The van der Waals surface area contributed by atoms with Crippen molar-refractivity contribution in [3.05, 3.63) is 64.7 Å². The van der Waals surface area contributed by atoms with Crippen LogP contribution in [0.3, 0.4) is 0 Å². The first-order valence-electron chi connectivity index (χ1n) is 8.26. The summed E-state index contributed by atoms with van der Waals surface area (Å²) in [6.45, 7) is 4.20. The Balaban J connectivity index is 2.11. The first-order chi connectivity index (χ1) is 12.1.